The molecule has 138 valence electrons. The minimum Gasteiger partial charge on any atom is -0.469 e. The molecule has 1 aliphatic heterocycles. The number of nitrogens with one attached hydrogen (secondary N) is 2. The number of benzene rings is 1. The molecular formula is C17H18F2N4O3. The van der Waals surface area contributed by atoms with E-state index in [-0.39, 0.29) is 18.5 Å². The molecule has 26 heavy (non-hydrogen) atoms. The number of imidazole rings is 1. The second kappa shape index (κ2) is 7.51. The molecule has 1 aromatic carbocycles. The molecule has 1 aromatic heterocycles. The van der Waals surface area contributed by atoms with Crippen molar-refractivity contribution >= 4 is 12.0 Å². The van der Waals surface area contributed by atoms with Crippen LogP contribution < -0.4 is 5.32 Å². The number of amides is 2. The third-order valence-electron chi connectivity index (χ3n) is 4.29. The molecule has 2 amide bonds. The van der Waals surface area contributed by atoms with Crippen molar-refractivity contribution in [3.8, 4) is 0 Å². The van der Waals surface area contributed by atoms with Crippen molar-refractivity contribution in [2.75, 3.05) is 20.2 Å². The fourth-order valence-electron chi connectivity index (χ4n) is 3.02. The Morgan fingerprint density at radius 3 is 3.00 bits per heavy atom. The van der Waals surface area contributed by atoms with Crippen LogP contribution in [0.4, 0.5) is 13.6 Å². The number of rotatable bonds is 4. The summed E-state index contributed by atoms with van der Waals surface area (Å²) in [5, 5.41) is 2.61. The quantitative estimate of drug-likeness (QED) is 0.812. The third-order valence-corrected chi connectivity index (χ3v) is 4.29. The van der Waals surface area contributed by atoms with Crippen LogP contribution in [0.5, 0.6) is 0 Å². The monoisotopic (exact) mass is 364 g/mol. The van der Waals surface area contributed by atoms with E-state index in [9.17, 15) is 18.4 Å². The average molecular weight is 364 g/mol. The van der Waals surface area contributed by atoms with Gasteiger partial charge in [0.25, 0.3) is 0 Å². The molecule has 9 heteroatoms. The normalized spacial score (nSPS) is 16.1. The van der Waals surface area contributed by atoms with Gasteiger partial charge in [-0.05, 0) is 6.07 Å². The van der Waals surface area contributed by atoms with Crippen molar-refractivity contribution in [3.63, 3.8) is 0 Å². The maximum absolute atomic E-state index is 14.4. The van der Waals surface area contributed by atoms with Gasteiger partial charge in [-0.25, -0.2) is 18.6 Å². The Labute approximate surface area is 148 Å². The zero-order valence-electron chi connectivity index (χ0n) is 14.1. The predicted molar refractivity (Wildman–Crippen MR) is 87.2 cm³/mol. The first-order valence-corrected chi connectivity index (χ1v) is 8.10. The summed E-state index contributed by atoms with van der Waals surface area (Å²) >= 11 is 0. The lowest BCUT2D eigenvalue weighted by Crippen LogP contribution is -2.46. The Morgan fingerprint density at radius 2 is 2.23 bits per heavy atom. The number of carbonyl (C=O) groups excluding carboxylic acids is 2. The maximum atomic E-state index is 14.4. The number of aromatic nitrogens is 2. The highest BCUT2D eigenvalue weighted by molar-refractivity contribution is 5.77. The van der Waals surface area contributed by atoms with E-state index in [0.717, 1.165) is 11.8 Å². The minimum atomic E-state index is -1.01. The van der Waals surface area contributed by atoms with Crippen molar-refractivity contribution in [2.24, 2.45) is 0 Å². The first kappa shape index (κ1) is 17.8. The number of halogens is 2. The largest absolute Gasteiger partial charge is 0.469 e. The molecule has 0 radical (unpaired) electrons. The number of hydrogen-bond acceptors (Lipinski definition) is 4. The highest BCUT2D eigenvalue weighted by Crippen LogP contribution is 2.35. The molecule has 0 bridgehead atoms. The topological polar surface area (TPSA) is 87.3 Å². The van der Waals surface area contributed by atoms with Crippen LogP contribution in [0.2, 0.25) is 0 Å². The van der Waals surface area contributed by atoms with Gasteiger partial charge >= 0.3 is 12.0 Å². The van der Waals surface area contributed by atoms with E-state index in [1.807, 2.05) is 0 Å². The zero-order valence-corrected chi connectivity index (χ0v) is 14.1. The fraction of sp³-hybridized carbons (Fsp3) is 0.353. The molecule has 3 rings (SSSR count). The van der Waals surface area contributed by atoms with Gasteiger partial charge in [-0.3, -0.25) is 4.79 Å². The number of hydrogen-bond donors (Lipinski definition) is 2. The standard InChI is InChI=1S/C17H18F2N4O3/c1-26-13(24)5-7-20-17(25)23-8-6-12-15(22-9-21-12)16(23)10-3-2-4-11(18)14(10)19/h2-4,9,16H,5-8H2,1H3,(H,20,25)(H,21,22). The van der Waals surface area contributed by atoms with Gasteiger partial charge < -0.3 is 19.9 Å². The van der Waals surface area contributed by atoms with Crippen molar-refractivity contribution in [2.45, 2.75) is 18.9 Å². The summed E-state index contributed by atoms with van der Waals surface area (Å²) < 4.78 is 32.6. The molecule has 7 nitrogen and oxygen atoms in total. The van der Waals surface area contributed by atoms with Crippen LogP contribution in [0.25, 0.3) is 0 Å². The van der Waals surface area contributed by atoms with Crippen LogP contribution in [-0.2, 0) is 16.0 Å². The summed E-state index contributed by atoms with van der Waals surface area (Å²) in [7, 11) is 1.26. The predicted octanol–water partition coefficient (Wildman–Crippen LogP) is 1.91. The lowest BCUT2D eigenvalue weighted by atomic mass is 9.95. The maximum Gasteiger partial charge on any atom is 0.318 e. The van der Waals surface area contributed by atoms with Crippen LogP contribution in [-0.4, -0.2) is 47.1 Å². The number of H-pyrrole nitrogens is 1. The molecule has 0 spiro atoms. The molecular weight excluding hydrogens is 346 g/mol. The van der Waals surface area contributed by atoms with Gasteiger partial charge in [-0.15, -0.1) is 0 Å². The van der Waals surface area contributed by atoms with Gasteiger partial charge in [-0.2, -0.15) is 0 Å². The minimum absolute atomic E-state index is 0.0166. The summed E-state index contributed by atoms with van der Waals surface area (Å²) in [6.45, 7) is 0.369. The lowest BCUT2D eigenvalue weighted by Gasteiger charge is -2.35. The molecule has 0 saturated heterocycles. The molecule has 0 fully saturated rings. The first-order chi connectivity index (χ1) is 12.5. The number of nitrogens with zero attached hydrogens (tertiary/aromatic N) is 2. The van der Waals surface area contributed by atoms with Gasteiger partial charge in [0.15, 0.2) is 11.6 Å². The number of ether oxygens (including phenoxy) is 1. The lowest BCUT2D eigenvalue weighted by molar-refractivity contribution is -0.140. The van der Waals surface area contributed by atoms with E-state index in [1.165, 1.54) is 30.5 Å². The third kappa shape index (κ3) is 3.37. The Hall–Kier alpha value is -2.97. The molecule has 1 atom stereocenters. The Kier molecular flexibility index (Phi) is 5.15. The van der Waals surface area contributed by atoms with Crippen LogP contribution in [0, 0.1) is 11.6 Å². The van der Waals surface area contributed by atoms with E-state index >= 15 is 0 Å². The first-order valence-electron chi connectivity index (χ1n) is 8.10. The van der Waals surface area contributed by atoms with Crippen molar-refractivity contribution in [1.29, 1.82) is 0 Å². The van der Waals surface area contributed by atoms with Crippen LogP contribution >= 0.6 is 0 Å². The average Bonchev–Trinajstić information content (AvgIpc) is 3.12. The van der Waals surface area contributed by atoms with Gasteiger partial charge in [0.05, 0.1) is 25.6 Å². The molecule has 2 aromatic rings. The fourth-order valence-corrected chi connectivity index (χ4v) is 3.02. The Morgan fingerprint density at radius 1 is 1.42 bits per heavy atom. The number of esters is 1. The van der Waals surface area contributed by atoms with Gasteiger partial charge in [0.1, 0.15) is 6.04 Å². The summed E-state index contributed by atoms with van der Waals surface area (Å²) in [6, 6.07) is 2.49. The molecule has 2 N–H and O–H groups in total. The summed E-state index contributed by atoms with van der Waals surface area (Å²) in [4.78, 5) is 32.3. The number of carbonyl (C=O) groups is 2. The molecule has 2 heterocycles. The highest BCUT2D eigenvalue weighted by Gasteiger charge is 2.36. The second-order valence-electron chi connectivity index (χ2n) is 5.81. The van der Waals surface area contributed by atoms with E-state index in [2.05, 4.69) is 20.0 Å². The van der Waals surface area contributed by atoms with E-state index < -0.39 is 29.7 Å². The van der Waals surface area contributed by atoms with Crippen LogP contribution in [0.1, 0.15) is 29.4 Å². The second-order valence-corrected chi connectivity index (χ2v) is 5.81. The number of urea groups is 1. The Bertz CT molecular complexity index is 824. The summed E-state index contributed by atoms with van der Waals surface area (Å²) in [6.07, 6.45) is 1.99. The van der Waals surface area contributed by atoms with Gasteiger partial charge in [-0.1, -0.05) is 12.1 Å². The SMILES string of the molecule is COC(=O)CCNC(=O)N1CCc2[nH]cnc2C1c1cccc(F)c1F. The molecule has 1 unspecified atom stereocenters. The highest BCUT2D eigenvalue weighted by atomic mass is 19.2. The van der Waals surface area contributed by atoms with Crippen molar-refractivity contribution in [1.82, 2.24) is 20.2 Å². The van der Waals surface area contributed by atoms with Gasteiger partial charge in [0, 0.05) is 30.8 Å². The van der Waals surface area contributed by atoms with Crippen molar-refractivity contribution in [3.05, 3.63) is 53.1 Å². The summed E-state index contributed by atoms with van der Waals surface area (Å²) in [5.74, 6) is -2.46. The zero-order chi connectivity index (χ0) is 18.7. The van der Waals surface area contributed by atoms with Crippen LogP contribution in [0.15, 0.2) is 24.5 Å². The molecule has 0 saturated carbocycles. The summed E-state index contributed by atoms with van der Waals surface area (Å²) in [5.41, 5.74) is 1.28. The number of fused-ring (bicyclic) bond motifs is 1. The Balaban J connectivity index is 1.88. The van der Waals surface area contributed by atoms with E-state index in [4.69, 9.17) is 0 Å². The van der Waals surface area contributed by atoms with Crippen LogP contribution in [0.3, 0.4) is 0 Å². The number of aromatic amines is 1. The molecule has 1 aliphatic rings. The van der Waals surface area contributed by atoms with E-state index in [0.29, 0.717) is 18.7 Å². The van der Waals surface area contributed by atoms with Crippen molar-refractivity contribution < 1.29 is 23.1 Å². The number of methoxy groups -OCH3 is 1. The molecule has 0 aliphatic carbocycles. The van der Waals surface area contributed by atoms with E-state index in [1.54, 1.807) is 0 Å². The smallest absolute Gasteiger partial charge is 0.318 e. The van der Waals surface area contributed by atoms with Gasteiger partial charge in [0.2, 0.25) is 0 Å².